The van der Waals surface area contributed by atoms with Crippen LogP contribution in [0.2, 0.25) is 0 Å². The van der Waals surface area contributed by atoms with Crippen LogP contribution in [0.4, 0.5) is 4.79 Å². The van der Waals surface area contributed by atoms with Crippen LogP contribution in [0.1, 0.15) is 30.2 Å². The van der Waals surface area contributed by atoms with Crippen LogP contribution in [0.15, 0.2) is 16.5 Å². The molecule has 0 atom stereocenters. The Morgan fingerprint density at radius 3 is 2.70 bits per heavy atom. The summed E-state index contributed by atoms with van der Waals surface area (Å²) < 4.78 is 10.3. The second kappa shape index (κ2) is 8.21. The van der Waals surface area contributed by atoms with Crippen LogP contribution >= 0.6 is 0 Å². The Bertz CT molecular complexity index is 444. The largest absolute Gasteiger partial charge is 0.475 e. The molecule has 0 saturated carbocycles. The molecule has 0 saturated heterocycles. The van der Waals surface area contributed by atoms with E-state index >= 15 is 0 Å². The van der Waals surface area contributed by atoms with Crippen molar-refractivity contribution in [3.05, 3.63) is 23.7 Å². The Morgan fingerprint density at radius 2 is 2.15 bits per heavy atom. The molecule has 0 fully saturated rings. The highest BCUT2D eigenvalue weighted by Crippen LogP contribution is 2.07. The Labute approximate surface area is 117 Å². The summed E-state index contributed by atoms with van der Waals surface area (Å²) in [7, 11) is 0. The number of carbonyl (C=O) groups is 2. The number of hydrogen-bond donors (Lipinski definition) is 2. The first-order valence-corrected chi connectivity index (χ1v) is 6.51. The molecule has 20 heavy (non-hydrogen) atoms. The number of nitrogens with zero attached hydrogens (tertiary/aromatic N) is 1. The predicted octanol–water partition coefficient (Wildman–Crippen LogP) is 1.55. The molecule has 0 unspecified atom stereocenters. The Hall–Kier alpha value is -2.02. The third kappa shape index (κ3) is 4.93. The molecule has 1 rings (SSSR count). The molecular weight excluding hydrogens is 264 g/mol. The monoisotopic (exact) mass is 284 g/mol. The van der Waals surface area contributed by atoms with Gasteiger partial charge in [0.15, 0.2) is 0 Å². The number of nitrogens with one attached hydrogen (secondary N) is 1. The molecule has 7 nitrogen and oxygen atoms in total. The summed E-state index contributed by atoms with van der Waals surface area (Å²) in [5.41, 5.74) is 0. The molecule has 112 valence electrons. The number of carboxylic acids is 1. The van der Waals surface area contributed by atoms with Gasteiger partial charge in [0.2, 0.25) is 5.76 Å². The fourth-order valence-electron chi connectivity index (χ4n) is 1.58. The standard InChI is InChI=1S/C13H20N2O5/c1-3-15(7-8-19-4-2)13(18)14-9-10-5-6-11(20-10)12(16)17/h5-6H,3-4,7-9H2,1-2H3,(H,14,18)(H,16,17). The lowest BCUT2D eigenvalue weighted by atomic mass is 10.4. The van der Waals surface area contributed by atoms with E-state index in [-0.39, 0.29) is 18.3 Å². The van der Waals surface area contributed by atoms with Crippen molar-refractivity contribution in [3.8, 4) is 0 Å². The SMILES string of the molecule is CCOCCN(CC)C(=O)NCc1ccc(C(=O)O)o1. The summed E-state index contributed by atoms with van der Waals surface area (Å²) in [6, 6.07) is 2.65. The number of carbonyl (C=O) groups excluding carboxylic acids is 1. The first-order chi connectivity index (χ1) is 9.58. The molecular formula is C13H20N2O5. The van der Waals surface area contributed by atoms with Crippen LogP contribution in [0, 0.1) is 0 Å². The van der Waals surface area contributed by atoms with E-state index in [1.54, 1.807) is 4.90 Å². The molecule has 2 amide bonds. The van der Waals surface area contributed by atoms with E-state index in [9.17, 15) is 9.59 Å². The van der Waals surface area contributed by atoms with Crippen molar-refractivity contribution in [3.63, 3.8) is 0 Å². The number of urea groups is 1. The van der Waals surface area contributed by atoms with Gasteiger partial charge in [-0.1, -0.05) is 0 Å². The van der Waals surface area contributed by atoms with Crippen LogP contribution in [0.3, 0.4) is 0 Å². The summed E-state index contributed by atoms with van der Waals surface area (Å²) in [6.45, 7) is 6.10. The predicted molar refractivity (Wildman–Crippen MR) is 71.6 cm³/mol. The van der Waals surface area contributed by atoms with Crippen LogP contribution in [-0.2, 0) is 11.3 Å². The normalized spacial score (nSPS) is 10.3. The minimum Gasteiger partial charge on any atom is -0.475 e. The summed E-state index contributed by atoms with van der Waals surface area (Å²) in [4.78, 5) is 24.1. The maximum absolute atomic E-state index is 11.9. The first kappa shape index (κ1) is 16.0. The summed E-state index contributed by atoms with van der Waals surface area (Å²) in [6.07, 6.45) is 0. The number of carboxylic acid groups (broad SMARTS) is 1. The zero-order chi connectivity index (χ0) is 15.0. The Balaban J connectivity index is 2.41. The molecule has 1 heterocycles. The van der Waals surface area contributed by atoms with Gasteiger partial charge in [-0.05, 0) is 26.0 Å². The highest BCUT2D eigenvalue weighted by atomic mass is 16.5. The molecule has 1 aromatic heterocycles. The van der Waals surface area contributed by atoms with Crippen LogP contribution in [-0.4, -0.2) is 48.3 Å². The highest BCUT2D eigenvalue weighted by Gasteiger charge is 2.13. The van der Waals surface area contributed by atoms with E-state index in [1.807, 2.05) is 13.8 Å². The van der Waals surface area contributed by atoms with Gasteiger partial charge in [-0.3, -0.25) is 0 Å². The smallest absolute Gasteiger partial charge is 0.371 e. The van der Waals surface area contributed by atoms with Gasteiger partial charge in [0.25, 0.3) is 0 Å². The van der Waals surface area contributed by atoms with E-state index in [1.165, 1.54) is 12.1 Å². The lowest BCUT2D eigenvalue weighted by Gasteiger charge is -2.20. The quantitative estimate of drug-likeness (QED) is 0.706. The van der Waals surface area contributed by atoms with Crippen molar-refractivity contribution in [2.45, 2.75) is 20.4 Å². The maximum Gasteiger partial charge on any atom is 0.371 e. The van der Waals surface area contributed by atoms with E-state index in [4.69, 9.17) is 14.3 Å². The van der Waals surface area contributed by atoms with E-state index in [2.05, 4.69) is 5.32 Å². The molecule has 0 aliphatic carbocycles. The van der Waals surface area contributed by atoms with Crippen molar-refractivity contribution < 1.29 is 23.8 Å². The first-order valence-electron chi connectivity index (χ1n) is 6.51. The third-order valence-corrected chi connectivity index (χ3v) is 2.66. The lowest BCUT2D eigenvalue weighted by Crippen LogP contribution is -2.41. The Kier molecular flexibility index (Phi) is 6.58. The molecule has 0 bridgehead atoms. The van der Waals surface area contributed by atoms with Crippen LogP contribution < -0.4 is 5.32 Å². The van der Waals surface area contributed by atoms with Gasteiger partial charge >= 0.3 is 12.0 Å². The summed E-state index contributed by atoms with van der Waals surface area (Å²) in [5.74, 6) is -0.871. The highest BCUT2D eigenvalue weighted by molar-refractivity contribution is 5.84. The number of ether oxygens (including phenoxy) is 1. The van der Waals surface area contributed by atoms with E-state index in [0.29, 0.717) is 32.1 Å². The molecule has 1 aromatic rings. The average Bonchev–Trinajstić information content (AvgIpc) is 2.90. The molecule has 2 N–H and O–H groups in total. The summed E-state index contributed by atoms with van der Waals surface area (Å²) in [5, 5.41) is 11.4. The van der Waals surface area contributed by atoms with Crippen molar-refractivity contribution in [1.82, 2.24) is 10.2 Å². The number of hydrogen-bond acceptors (Lipinski definition) is 4. The van der Waals surface area contributed by atoms with Crippen molar-refractivity contribution in [1.29, 1.82) is 0 Å². The maximum atomic E-state index is 11.9. The van der Waals surface area contributed by atoms with E-state index in [0.717, 1.165) is 0 Å². The van der Waals surface area contributed by atoms with Gasteiger partial charge in [-0.25, -0.2) is 9.59 Å². The van der Waals surface area contributed by atoms with E-state index < -0.39 is 5.97 Å². The molecule has 0 aromatic carbocycles. The fraction of sp³-hybridized carbons (Fsp3) is 0.538. The number of rotatable bonds is 8. The number of furan rings is 1. The van der Waals surface area contributed by atoms with Gasteiger partial charge in [0.1, 0.15) is 5.76 Å². The van der Waals surface area contributed by atoms with Crippen molar-refractivity contribution >= 4 is 12.0 Å². The zero-order valence-electron chi connectivity index (χ0n) is 11.7. The molecule has 0 aliphatic heterocycles. The van der Waals surface area contributed by atoms with Crippen LogP contribution in [0.5, 0.6) is 0 Å². The Morgan fingerprint density at radius 1 is 1.40 bits per heavy atom. The van der Waals surface area contributed by atoms with Gasteiger partial charge in [-0.2, -0.15) is 0 Å². The number of aromatic carboxylic acids is 1. The molecule has 0 spiro atoms. The van der Waals surface area contributed by atoms with Gasteiger partial charge in [0.05, 0.1) is 13.2 Å². The fourth-order valence-corrected chi connectivity index (χ4v) is 1.58. The van der Waals surface area contributed by atoms with Crippen molar-refractivity contribution in [2.24, 2.45) is 0 Å². The van der Waals surface area contributed by atoms with Gasteiger partial charge < -0.3 is 24.5 Å². The second-order valence-corrected chi connectivity index (χ2v) is 4.01. The van der Waals surface area contributed by atoms with Crippen molar-refractivity contribution in [2.75, 3.05) is 26.3 Å². The number of likely N-dealkylation sites (N-methyl/N-ethyl adjacent to an activating group) is 1. The minimum atomic E-state index is -1.13. The molecule has 0 aliphatic rings. The third-order valence-electron chi connectivity index (χ3n) is 2.66. The topological polar surface area (TPSA) is 92.0 Å². The van der Waals surface area contributed by atoms with Gasteiger partial charge in [0, 0.05) is 19.7 Å². The zero-order valence-corrected chi connectivity index (χ0v) is 11.7. The molecule has 0 radical (unpaired) electrons. The van der Waals surface area contributed by atoms with Gasteiger partial charge in [-0.15, -0.1) is 0 Å². The lowest BCUT2D eigenvalue weighted by molar-refractivity contribution is 0.0660. The van der Waals surface area contributed by atoms with Crippen LogP contribution in [0.25, 0.3) is 0 Å². The molecule has 7 heteroatoms. The second-order valence-electron chi connectivity index (χ2n) is 4.01. The summed E-state index contributed by atoms with van der Waals surface area (Å²) >= 11 is 0. The minimum absolute atomic E-state index is 0.141. The average molecular weight is 284 g/mol. The number of amides is 2.